The summed E-state index contributed by atoms with van der Waals surface area (Å²) in [5, 5.41) is 0. The van der Waals surface area contributed by atoms with E-state index in [1.54, 1.807) is 0 Å². The van der Waals surface area contributed by atoms with Gasteiger partial charge in [-0.15, -0.1) is 0 Å². The van der Waals surface area contributed by atoms with Crippen LogP contribution in [0.2, 0.25) is 0 Å². The van der Waals surface area contributed by atoms with Crippen molar-refractivity contribution in [3.05, 3.63) is 71.8 Å². The Kier molecular flexibility index (Phi) is 10.8. The van der Waals surface area contributed by atoms with Gasteiger partial charge in [0, 0.05) is 5.92 Å². The predicted molar refractivity (Wildman–Crippen MR) is 110 cm³/mol. The van der Waals surface area contributed by atoms with E-state index in [0.717, 1.165) is 4.48 Å². The van der Waals surface area contributed by atoms with Gasteiger partial charge in [0.15, 0.2) is 0 Å². The number of unbranched alkanes of at least 4 members (excludes halogenated alkanes) is 3. The number of quaternary nitrogens is 1. The molecule has 2 rings (SSSR count). The Hall–Kier alpha value is -1.12. The zero-order valence-corrected chi connectivity index (χ0v) is 18.4. The topological polar surface area (TPSA) is 0 Å². The van der Waals surface area contributed by atoms with Crippen LogP contribution in [-0.4, -0.2) is 31.7 Å². The van der Waals surface area contributed by atoms with Crippen molar-refractivity contribution < 1.29 is 21.5 Å². The van der Waals surface area contributed by atoms with E-state index in [9.17, 15) is 0 Å². The molecule has 0 N–H and O–H groups in total. The van der Waals surface area contributed by atoms with Crippen LogP contribution in [0, 0.1) is 0 Å². The Morgan fingerprint density at radius 2 is 1.19 bits per heavy atom. The van der Waals surface area contributed by atoms with E-state index in [2.05, 4.69) is 81.7 Å². The second-order valence-electron chi connectivity index (χ2n) is 7.96. The first-order valence-electron chi connectivity index (χ1n) is 10.0. The smallest absolute Gasteiger partial charge is 0.0782 e. The van der Waals surface area contributed by atoms with Crippen LogP contribution < -0.4 is 17.0 Å². The van der Waals surface area contributed by atoms with Crippen molar-refractivity contribution in [3.63, 3.8) is 0 Å². The molecule has 1 nitrogen and oxygen atoms in total. The minimum Gasteiger partial charge on any atom is -1.00 e. The second kappa shape index (κ2) is 12.3. The lowest BCUT2D eigenvalue weighted by atomic mass is 9.87. The number of hydrogen-bond donors (Lipinski definition) is 0. The van der Waals surface area contributed by atoms with Crippen molar-refractivity contribution in [2.45, 2.75) is 51.4 Å². The Balaban J connectivity index is 0.00000338. The first-order chi connectivity index (χ1) is 12.1. The summed E-state index contributed by atoms with van der Waals surface area (Å²) < 4.78 is 1.15. The molecule has 2 heteroatoms. The zero-order chi connectivity index (χ0) is 18.0. The van der Waals surface area contributed by atoms with E-state index >= 15 is 0 Å². The van der Waals surface area contributed by atoms with Crippen LogP contribution in [0.25, 0.3) is 0 Å². The van der Waals surface area contributed by atoms with E-state index in [4.69, 9.17) is 0 Å². The highest BCUT2D eigenvalue weighted by atomic mass is 79.9. The fourth-order valence-corrected chi connectivity index (χ4v) is 3.70. The molecule has 0 atom stereocenters. The second-order valence-corrected chi connectivity index (χ2v) is 7.96. The van der Waals surface area contributed by atoms with Gasteiger partial charge in [0.1, 0.15) is 0 Å². The summed E-state index contributed by atoms with van der Waals surface area (Å²) in [6, 6.07) is 22.0. The first-order valence-corrected chi connectivity index (χ1v) is 10.0. The fourth-order valence-electron chi connectivity index (χ4n) is 3.70. The maximum absolute atomic E-state index is 2.39. The number of halogens is 1. The molecule has 0 amide bonds. The van der Waals surface area contributed by atoms with E-state index in [1.807, 2.05) is 0 Å². The number of rotatable bonds is 11. The Morgan fingerprint density at radius 3 is 1.69 bits per heavy atom. The van der Waals surface area contributed by atoms with Crippen molar-refractivity contribution >= 4 is 0 Å². The largest absolute Gasteiger partial charge is 1.00 e. The average Bonchev–Trinajstić information content (AvgIpc) is 2.64. The summed E-state index contributed by atoms with van der Waals surface area (Å²) in [6.45, 7) is 4.86. The minimum atomic E-state index is 0. The van der Waals surface area contributed by atoms with Crippen LogP contribution in [0.15, 0.2) is 60.7 Å². The van der Waals surface area contributed by atoms with Crippen LogP contribution in [-0.2, 0) is 0 Å². The molecule has 0 heterocycles. The molecule has 2 aromatic rings. The van der Waals surface area contributed by atoms with Crippen molar-refractivity contribution in [1.29, 1.82) is 0 Å². The molecule has 0 saturated carbocycles. The third kappa shape index (κ3) is 8.05. The number of benzene rings is 2. The molecule has 144 valence electrons. The lowest BCUT2D eigenvalue weighted by Gasteiger charge is -2.30. The van der Waals surface area contributed by atoms with Gasteiger partial charge in [-0.3, -0.25) is 0 Å². The van der Waals surface area contributed by atoms with Gasteiger partial charge < -0.3 is 21.5 Å². The zero-order valence-electron chi connectivity index (χ0n) is 16.8. The van der Waals surface area contributed by atoms with Crippen molar-refractivity contribution in [2.24, 2.45) is 0 Å². The summed E-state index contributed by atoms with van der Waals surface area (Å²) in [5.41, 5.74) is 2.89. The van der Waals surface area contributed by atoms with Gasteiger partial charge in [0.05, 0.1) is 27.2 Å². The van der Waals surface area contributed by atoms with Crippen LogP contribution in [0.3, 0.4) is 0 Å². The summed E-state index contributed by atoms with van der Waals surface area (Å²) in [6.07, 6.45) is 7.95. The highest BCUT2D eigenvalue weighted by molar-refractivity contribution is 5.32. The van der Waals surface area contributed by atoms with E-state index in [1.165, 1.54) is 62.7 Å². The van der Waals surface area contributed by atoms with Gasteiger partial charge in [0.2, 0.25) is 0 Å². The van der Waals surface area contributed by atoms with E-state index < -0.39 is 0 Å². The fraction of sp³-hybridized carbons (Fsp3) is 0.500. The highest BCUT2D eigenvalue weighted by Gasteiger charge is 2.18. The third-order valence-electron chi connectivity index (χ3n) is 5.28. The van der Waals surface area contributed by atoms with Gasteiger partial charge in [0.25, 0.3) is 0 Å². The van der Waals surface area contributed by atoms with Gasteiger partial charge in [-0.2, -0.15) is 0 Å². The normalized spacial score (nSPS) is 11.4. The van der Waals surface area contributed by atoms with Crippen molar-refractivity contribution in [3.8, 4) is 0 Å². The van der Waals surface area contributed by atoms with Crippen molar-refractivity contribution in [1.82, 2.24) is 0 Å². The molecular weight excluding hydrogens is 382 g/mol. The maximum Gasteiger partial charge on any atom is 0.0782 e. The van der Waals surface area contributed by atoms with Crippen LogP contribution in [0.1, 0.15) is 62.5 Å². The molecule has 0 aromatic heterocycles. The molecule has 0 unspecified atom stereocenters. The average molecular weight is 418 g/mol. The molecule has 0 bridgehead atoms. The summed E-state index contributed by atoms with van der Waals surface area (Å²) in [4.78, 5) is 0. The number of nitrogens with zero attached hydrogens (tertiary/aromatic N) is 1. The molecule has 2 aromatic carbocycles. The lowest BCUT2D eigenvalue weighted by Crippen LogP contribution is -3.00. The molecular formula is C24H36BrN. The van der Waals surface area contributed by atoms with Crippen molar-refractivity contribution in [2.75, 3.05) is 27.2 Å². The standard InChI is InChI=1S/C24H36N.BrH/c1-4-5-6-13-20-25(2,3)21-14-19-24(22-15-9-7-10-16-22)23-17-11-8-12-18-23;/h7-12,15-18,24H,4-6,13-14,19-21H2,1-3H3;1H/q+1;/p-1. The molecule has 0 fully saturated rings. The molecule has 0 aliphatic carbocycles. The quantitative estimate of drug-likeness (QED) is 0.388. The summed E-state index contributed by atoms with van der Waals surface area (Å²) in [5.74, 6) is 0.516. The Bertz CT molecular complexity index is 540. The lowest BCUT2D eigenvalue weighted by molar-refractivity contribution is -0.890. The minimum absolute atomic E-state index is 0. The predicted octanol–water partition coefficient (Wildman–Crippen LogP) is 3.26. The summed E-state index contributed by atoms with van der Waals surface area (Å²) in [7, 11) is 4.79. The highest BCUT2D eigenvalue weighted by Crippen LogP contribution is 2.29. The monoisotopic (exact) mass is 417 g/mol. The molecule has 0 aliphatic rings. The van der Waals surface area contributed by atoms with Gasteiger partial charge in [-0.05, 0) is 36.8 Å². The van der Waals surface area contributed by atoms with Crippen LogP contribution >= 0.6 is 0 Å². The van der Waals surface area contributed by atoms with Crippen LogP contribution in [0.5, 0.6) is 0 Å². The first kappa shape index (κ1) is 22.9. The molecule has 0 saturated heterocycles. The number of hydrogen-bond acceptors (Lipinski definition) is 0. The maximum atomic E-state index is 2.39. The van der Waals surface area contributed by atoms with E-state index in [0.29, 0.717) is 5.92 Å². The molecule has 0 aliphatic heterocycles. The Morgan fingerprint density at radius 1 is 0.692 bits per heavy atom. The van der Waals surface area contributed by atoms with Gasteiger partial charge in [-0.25, -0.2) is 0 Å². The molecule has 0 radical (unpaired) electrons. The van der Waals surface area contributed by atoms with Gasteiger partial charge >= 0.3 is 0 Å². The Labute approximate surface area is 171 Å². The van der Waals surface area contributed by atoms with Gasteiger partial charge in [-0.1, -0.05) is 80.4 Å². The molecule has 26 heavy (non-hydrogen) atoms. The SMILES string of the molecule is CCCCCC[N+](C)(C)CCCC(c1ccccc1)c1ccccc1.[Br-]. The third-order valence-corrected chi connectivity index (χ3v) is 5.28. The summed E-state index contributed by atoms with van der Waals surface area (Å²) >= 11 is 0. The van der Waals surface area contributed by atoms with E-state index in [-0.39, 0.29) is 17.0 Å². The molecule has 0 spiro atoms. The van der Waals surface area contributed by atoms with Crippen LogP contribution in [0.4, 0.5) is 0 Å².